The van der Waals surface area contributed by atoms with Crippen molar-refractivity contribution in [3.8, 4) is 5.75 Å². The Kier molecular flexibility index (Phi) is 9.75. The van der Waals surface area contributed by atoms with E-state index < -0.39 is 5.97 Å². The summed E-state index contributed by atoms with van der Waals surface area (Å²) in [6, 6.07) is 18.7. The number of carboxylic acids is 1. The van der Waals surface area contributed by atoms with Gasteiger partial charge in [0.2, 0.25) is 0 Å². The third-order valence-corrected chi connectivity index (χ3v) is 5.01. The topological polar surface area (TPSA) is 49.8 Å². The second-order valence-electron chi connectivity index (χ2n) is 7.33. The van der Waals surface area contributed by atoms with Gasteiger partial charge in [0.1, 0.15) is 5.75 Å². The Labute approximate surface area is 179 Å². The van der Waals surface area contributed by atoms with E-state index in [0.29, 0.717) is 13.2 Å². The van der Waals surface area contributed by atoms with Crippen LogP contribution in [0.3, 0.4) is 0 Å². The zero-order chi connectivity index (χ0) is 19.6. The number of hydrogen-bond acceptors (Lipinski definition) is 3. The van der Waals surface area contributed by atoms with Crippen LogP contribution in [0.2, 0.25) is 0 Å². The van der Waals surface area contributed by atoms with Crippen LogP contribution in [0, 0.1) is 0 Å². The fourth-order valence-electron chi connectivity index (χ4n) is 3.54. The molecule has 2 aromatic carbocycles. The standard InChI is InChI=1S/C24H29NO3.ClH/c26-24(27)14-16-25-15-4-8-22(19-25)18-21-10-12-23(13-11-21)28-17-5-9-20-6-2-1-3-7-20;/h1-3,6-7,10-13,18H,4-5,8-9,14-17,19H2,(H,26,27);1H/b22-18-;. The van der Waals surface area contributed by atoms with E-state index in [2.05, 4.69) is 47.4 Å². The Balaban J connectivity index is 0.00000300. The summed E-state index contributed by atoms with van der Waals surface area (Å²) in [4.78, 5) is 13.0. The molecular weight excluding hydrogens is 386 g/mol. The Bertz CT molecular complexity index is 774. The molecule has 0 amide bonds. The van der Waals surface area contributed by atoms with Gasteiger partial charge in [0.05, 0.1) is 13.0 Å². The molecular formula is C24H30ClNO3. The summed E-state index contributed by atoms with van der Waals surface area (Å²) >= 11 is 0. The molecule has 2 aromatic rings. The summed E-state index contributed by atoms with van der Waals surface area (Å²) < 4.78 is 5.86. The van der Waals surface area contributed by atoms with E-state index in [0.717, 1.165) is 44.5 Å². The van der Waals surface area contributed by atoms with E-state index >= 15 is 0 Å². The van der Waals surface area contributed by atoms with Gasteiger partial charge < -0.3 is 9.84 Å². The van der Waals surface area contributed by atoms with E-state index in [-0.39, 0.29) is 18.8 Å². The van der Waals surface area contributed by atoms with Crippen LogP contribution < -0.4 is 4.74 Å². The highest BCUT2D eigenvalue weighted by atomic mass is 35.5. The maximum absolute atomic E-state index is 10.8. The van der Waals surface area contributed by atoms with E-state index in [9.17, 15) is 4.79 Å². The highest BCUT2D eigenvalue weighted by Gasteiger charge is 2.15. The van der Waals surface area contributed by atoms with Crippen molar-refractivity contribution in [2.45, 2.75) is 32.1 Å². The van der Waals surface area contributed by atoms with Crippen LogP contribution in [0.25, 0.3) is 6.08 Å². The number of nitrogens with zero attached hydrogens (tertiary/aromatic N) is 1. The molecule has 156 valence electrons. The molecule has 0 bridgehead atoms. The van der Waals surface area contributed by atoms with Crippen molar-refractivity contribution in [1.82, 2.24) is 4.90 Å². The van der Waals surface area contributed by atoms with Crippen molar-refractivity contribution in [3.05, 3.63) is 71.3 Å². The Hall–Kier alpha value is -2.30. The lowest BCUT2D eigenvalue weighted by Crippen LogP contribution is -2.33. The maximum Gasteiger partial charge on any atom is 0.304 e. The number of carboxylic acid groups (broad SMARTS) is 1. The van der Waals surface area contributed by atoms with Gasteiger partial charge in [0.25, 0.3) is 0 Å². The second-order valence-corrected chi connectivity index (χ2v) is 7.33. The third-order valence-electron chi connectivity index (χ3n) is 5.01. The smallest absolute Gasteiger partial charge is 0.304 e. The lowest BCUT2D eigenvalue weighted by molar-refractivity contribution is -0.137. The molecule has 0 aliphatic carbocycles. The first-order valence-corrected chi connectivity index (χ1v) is 10.1. The summed E-state index contributed by atoms with van der Waals surface area (Å²) in [5.74, 6) is 0.178. The molecule has 0 aromatic heterocycles. The number of carbonyl (C=O) groups is 1. The molecule has 0 unspecified atom stereocenters. The van der Waals surface area contributed by atoms with Crippen molar-refractivity contribution >= 4 is 24.5 Å². The van der Waals surface area contributed by atoms with E-state index in [1.807, 2.05) is 18.2 Å². The molecule has 0 atom stereocenters. The van der Waals surface area contributed by atoms with Gasteiger partial charge >= 0.3 is 5.97 Å². The van der Waals surface area contributed by atoms with Crippen molar-refractivity contribution in [1.29, 1.82) is 0 Å². The van der Waals surface area contributed by atoms with Gasteiger partial charge in [0, 0.05) is 13.1 Å². The average Bonchev–Trinajstić information content (AvgIpc) is 2.72. The Morgan fingerprint density at radius 3 is 2.59 bits per heavy atom. The number of benzene rings is 2. The summed E-state index contributed by atoms with van der Waals surface area (Å²) in [5.41, 5.74) is 3.89. The molecule has 1 N–H and O–H groups in total. The number of halogens is 1. The second kappa shape index (κ2) is 12.3. The summed E-state index contributed by atoms with van der Waals surface area (Å²) in [5, 5.41) is 8.85. The van der Waals surface area contributed by atoms with Gasteiger partial charge in [-0.15, -0.1) is 12.4 Å². The first-order valence-electron chi connectivity index (χ1n) is 10.1. The SMILES string of the molecule is Cl.O=C(O)CCN1CCC/C(=C/c2ccc(OCCCc3ccccc3)cc2)C1. The molecule has 1 fully saturated rings. The van der Waals surface area contributed by atoms with Crippen LogP contribution in [-0.4, -0.2) is 42.2 Å². The molecule has 1 aliphatic heterocycles. The first-order chi connectivity index (χ1) is 13.7. The highest BCUT2D eigenvalue weighted by Crippen LogP contribution is 2.20. The molecule has 3 rings (SSSR count). The fourth-order valence-corrected chi connectivity index (χ4v) is 3.54. The number of aliphatic carboxylic acids is 1. The molecule has 0 saturated carbocycles. The largest absolute Gasteiger partial charge is 0.494 e. The normalized spacial score (nSPS) is 15.7. The summed E-state index contributed by atoms with van der Waals surface area (Å²) in [7, 11) is 0. The minimum absolute atomic E-state index is 0. The molecule has 1 heterocycles. The van der Waals surface area contributed by atoms with Crippen molar-refractivity contribution in [2.75, 3.05) is 26.2 Å². The fraction of sp³-hybridized carbons (Fsp3) is 0.375. The lowest BCUT2D eigenvalue weighted by atomic mass is 10.0. The first kappa shape index (κ1) is 23.0. The number of ether oxygens (including phenoxy) is 1. The summed E-state index contributed by atoms with van der Waals surface area (Å²) in [6.45, 7) is 3.20. The third kappa shape index (κ3) is 8.30. The zero-order valence-electron chi connectivity index (χ0n) is 16.8. The number of aryl methyl sites for hydroxylation is 1. The van der Waals surface area contributed by atoms with Gasteiger partial charge in [-0.05, 0) is 55.5 Å². The van der Waals surface area contributed by atoms with Crippen LogP contribution in [0.4, 0.5) is 0 Å². The molecule has 1 aliphatic rings. The molecule has 0 radical (unpaired) electrons. The molecule has 1 saturated heterocycles. The quantitative estimate of drug-likeness (QED) is 0.580. The van der Waals surface area contributed by atoms with E-state index in [1.54, 1.807) is 0 Å². The highest BCUT2D eigenvalue weighted by molar-refractivity contribution is 5.85. The predicted octanol–water partition coefficient (Wildman–Crippen LogP) is 5.07. The predicted molar refractivity (Wildman–Crippen MR) is 120 cm³/mol. The van der Waals surface area contributed by atoms with Crippen LogP contribution in [0.1, 0.15) is 36.8 Å². The van der Waals surface area contributed by atoms with Crippen molar-refractivity contribution in [3.63, 3.8) is 0 Å². The minimum Gasteiger partial charge on any atom is -0.494 e. The van der Waals surface area contributed by atoms with Crippen LogP contribution >= 0.6 is 12.4 Å². The number of piperidine rings is 1. The summed E-state index contributed by atoms with van der Waals surface area (Å²) in [6.07, 6.45) is 6.65. The zero-order valence-corrected chi connectivity index (χ0v) is 17.6. The van der Waals surface area contributed by atoms with Crippen LogP contribution in [0.15, 0.2) is 60.2 Å². The monoisotopic (exact) mass is 415 g/mol. The van der Waals surface area contributed by atoms with Gasteiger partial charge in [-0.2, -0.15) is 0 Å². The Morgan fingerprint density at radius 2 is 1.86 bits per heavy atom. The van der Waals surface area contributed by atoms with E-state index in [4.69, 9.17) is 9.84 Å². The van der Waals surface area contributed by atoms with Gasteiger partial charge in [-0.25, -0.2) is 0 Å². The number of rotatable bonds is 9. The Morgan fingerprint density at radius 1 is 1.10 bits per heavy atom. The van der Waals surface area contributed by atoms with Gasteiger partial charge in [-0.1, -0.05) is 54.1 Å². The van der Waals surface area contributed by atoms with Crippen molar-refractivity contribution in [2.24, 2.45) is 0 Å². The van der Waals surface area contributed by atoms with Crippen LogP contribution in [-0.2, 0) is 11.2 Å². The van der Waals surface area contributed by atoms with Gasteiger partial charge in [-0.3, -0.25) is 9.69 Å². The van der Waals surface area contributed by atoms with Gasteiger partial charge in [0.15, 0.2) is 0 Å². The molecule has 5 heteroatoms. The molecule has 4 nitrogen and oxygen atoms in total. The molecule has 0 spiro atoms. The lowest BCUT2D eigenvalue weighted by Gasteiger charge is -2.28. The van der Waals surface area contributed by atoms with E-state index in [1.165, 1.54) is 16.7 Å². The van der Waals surface area contributed by atoms with Crippen LogP contribution in [0.5, 0.6) is 5.75 Å². The minimum atomic E-state index is -0.726. The maximum atomic E-state index is 10.8. The number of hydrogen-bond donors (Lipinski definition) is 1. The number of likely N-dealkylation sites (tertiary alicyclic amines) is 1. The average molecular weight is 416 g/mol. The van der Waals surface area contributed by atoms with Crippen molar-refractivity contribution < 1.29 is 14.6 Å². The molecule has 29 heavy (non-hydrogen) atoms.